The minimum Gasteiger partial charge on any atom is -0.334 e. The summed E-state index contributed by atoms with van der Waals surface area (Å²) in [6, 6.07) is 12.6. The van der Waals surface area contributed by atoms with Crippen LogP contribution in [0.2, 0.25) is 0 Å². The molecule has 2 aromatic rings. The van der Waals surface area contributed by atoms with Gasteiger partial charge in [0.15, 0.2) is 11.3 Å². The number of nitrogens with one attached hydrogen (secondary N) is 2. The van der Waals surface area contributed by atoms with Crippen LogP contribution in [0.1, 0.15) is 32.5 Å². The Hall–Kier alpha value is -2.01. The van der Waals surface area contributed by atoms with Crippen LogP contribution in [0.5, 0.6) is 0 Å². The number of benzene rings is 1. The molecule has 1 unspecified atom stereocenters. The number of thiocarbonyl (C=S) groups is 1. The van der Waals surface area contributed by atoms with E-state index in [1.807, 2.05) is 24.4 Å². The summed E-state index contributed by atoms with van der Waals surface area (Å²) < 4.78 is 13.3. The van der Waals surface area contributed by atoms with Gasteiger partial charge in [0.25, 0.3) is 0 Å². The highest BCUT2D eigenvalue weighted by Crippen LogP contribution is 2.21. The van der Waals surface area contributed by atoms with E-state index >= 15 is 0 Å². The topological polar surface area (TPSA) is 29.4 Å². The molecule has 5 heteroatoms. The zero-order valence-electron chi connectivity index (χ0n) is 13.0. The smallest absolute Gasteiger partial charge is 0.202 e. The van der Waals surface area contributed by atoms with Crippen molar-refractivity contribution in [1.29, 1.82) is 0 Å². The van der Waals surface area contributed by atoms with E-state index < -0.39 is 0 Å². The first-order chi connectivity index (χ1) is 10.5. The number of aromatic nitrogens is 1. The quantitative estimate of drug-likeness (QED) is 0.869. The predicted octanol–water partition coefficient (Wildman–Crippen LogP) is 3.81. The summed E-state index contributed by atoms with van der Waals surface area (Å²) in [5.41, 5.74) is 1.72. The molecule has 0 radical (unpaired) electrons. The third kappa shape index (κ3) is 4.01. The molecule has 3 nitrogen and oxygen atoms in total. The summed E-state index contributed by atoms with van der Waals surface area (Å²) in [4.78, 5) is 5.33. The summed E-state index contributed by atoms with van der Waals surface area (Å²) in [5.74, 6) is -0.284. The Bertz CT molecular complexity index is 631. The second kappa shape index (κ2) is 7.31. The number of H-pyrrole nitrogens is 1. The van der Waals surface area contributed by atoms with E-state index in [9.17, 15) is 4.39 Å². The van der Waals surface area contributed by atoms with Gasteiger partial charge in [0.2, 0.25) is 5.69 Å². The van der Waals surface area contributed by atoms with Crippen molar-refractivity contribution in [3.05, 3.63) is 60.2 Å². The fourth-order valence-electron chi connectivity index (χ4n) is 2.43. The molecule has 0 bridgehead atoms. The highest BCUT2D eigenvalue weighted by atomic mass is 32.1. The van der Waals surface area contributed by atoms with Crippen LogP contribution in [0.4, 0.5) is 10.1 Å². The lowest BCUT2D eigenvalue weighted by Crippen LogP contribution is -2.43. The number of pyridine rings is 1. The van der Waals surface area contributed by atoms with Gasteiger partial charge in [0.05, 0.1) is 0 Å². The number of nitrogens with zero attached hydrogens (tertiary/aromatic N) is 1. The molecule has 116 valence electrons. The van der Waals surface area contributed by atoms with E-state index in [0.29, 0.717) is 10.8 Å². The fraction of sp³-hybridized carbons (Fsp3) is 0.294. The standard InChI is InChI=1S/C17H20FN3S/c1-12(2)21(13(3)16-9-4-5-10-19-16)17(22)20-15-8-6-7-14(18)11-15/h4-13H,1-3H3,(H,20,22)/p+1. The van der Waals surface area contributed by atoms with Crippen molar-refractivity contribution in [3.8, 4) is 0 Å². The Labute approximate surface area is 136 Å². The van der Waals surface area contributed by atoms with E-state index in [2.05, 4.69) is 36.0 Å². The monoisotopic (exact) mass is 318 g/mol. The highest BCUT2D eigenvalue weighted by molar-refractivity contribution is 7.80. The maximum absolute atomic E-state index is 13.3. The Kier molecular flexibility index (Phi) is 5.44. The van der Waals surface area contributed by atoms with Gasteiger partial charge in [-0.3, -0.25) is 0 Å². The fourth-order valence-corrected chi connectivity index (χ4v) is 2.92. The van der Waals surface area contributed by atoms with Crippen LogP contribution in [0, 0.1) is 5.82 Å². The minimum atomic E-state index is -0.284. The Morgan fingerprint density at radius 2 is 1.95 bits per heavy atom. The van der Waals surface area contributed by atoms with Crippen molar-refractivity contribution >= 4 is 23.0 Å². The summed E-state index contributed by atoms with van der Waals surface area (Å²) in [7, 11) is 0. The third-order valence-corrected chi connectivity index (χ3v) is 3.78. The number of hydrogen-bond acceptors (Lipinski definition) is 1. The van der Waals surface area contributed by atoms with Crippen molar-refractivity contribution in [2.24, 2.45) is 0 Å². The zero-order chi connectivity index (χ0) is 16.1. The van der Waals surface area contributed by atoms with Gasteiger partial charge < -0.3 is 10.2 Å². The SMILES string of the molecule is CC(C)N(C(=S)Nc1cccc(F)c1)C(C)c1cccc[nH+]1. The van der Waals surface area contributed by atoms with Gasteiger partial charge in [-0.25, -0.2) is 9.37 Å². The van der Waals surface area contributed by atoms with Gasteiger partial charge in [0.1, 0.15) is 11.9 Å². The summed E-state index contributed by atoms with van der Waals surface area (Å²) in [6.45, 7) is 6.25. The summed E-state index contributed by atoms with van der Waals surface area (Å²) in [5, 5.41) is 3.69. The van der Waals surface area contributed by atoms with Crippen LogP contribution in [0.25, 0.3) is 0 Å². The molecule has 0 spiro atoms. The number of hydrogen-bond donors (Lipinski definition) is 1. The lowest BCUT2D eigenvalue weighted by atomic mass is 10.1. The van der Waals surface area contributed by atoms with E-state index in [1.165, 1.54) is 12.1 Å². The second-order valence-corrected chi connectivity index (χ2v) is 5.82. The second-order valence-electron chi connectivity index (χ2n) is 5.44. The first-order valence-electron chi connectivity index (χ1n) is 7.30. The first-order valence-corrected chi connectivity index (χ1v) is 7.71. The molecule has 0 aliphatic carbocycles. The highest BCUT2D eigenvalue weighted by Gasteiger charge is 2.25. The molecule has 0 amide bonds. The Balaban J connectivity index is 2.19. The molecule has 1 aromatic carbocycles. The lowest BCUT2D eigenvalue weighted by molar-refractivity contribution is -0.395. The summed E-state index contributed by atoms with van der Waals surface area (Å²) >= 11 is 5.53. The molecule has 1 heterocycles. The largest absolute Gasteiger partial charge is 0.334 e. The number of halogens is 1. The van der Waals surface area contributed by atoms with Gasteiger partial charge in [-0.1, -0.05) is 12.1 Å². The van der Waals surface area contributed by atoms with Crippen molar-refractivity contribution in [3.63, 3.8) is 0 Å². The van der Waals surface area contributed by atoms with Crippen LogP contribution in [-0.4, -0.2) is 16.1 Å². The van der Waals surface area contributed by atoms with Gasteiger partial charge in [-0.15, -0.1) is 0 Å². The van der Waals surface area contributed by atoms with Gasteiger partial charge in [0, 0.05) is 23.9 Å². The van der Waals surface area contributed by atoms with E-state index in [4.69, 9.17) is 12.2 Å². The molecule has 0 aliphatic heterocycles. The molecule has 0 saturated carbocycles. The molecule has 1 aromatic heterocycles. The Morgan fingerprint density at radius 3 is 2.55 bits per heavy atom. The molecule has 0 aliphatic rings. The zero-order valence-corrected chi connectivity index (χ0v) is 13.8. The predicted molar refractivity (Wildman–Crippen MR) is 91.0 cm³/mol. The van der Waals surface area contributed by atoms with Crippen molar-refractivity contribution < 1.29 is 9.37 Å². The molecular formula is C17H21FN3S+. The van der Waals surface area contributed by atoms with Crippen LogP contribution in [-0.2, 0) is 0 Å². The maximum atomic E-state index is 13.3. The number of anilines is 1. The molecule has 0 fully saturated rings. The molecule has 22 heavy (non-hydrogen) atoms. The molecule has 0 saturated heterocycles. The van der Waals surface area contributed by atoms with Crippen molar-refractivity contribution in [2.75, 3.05) is 5.32 Å². The molecule has 1 atom stereocenters. The van der Waals surface area contributed by atoms with Gasteiger partial charge in [-0.2, -0.15) is 0 Å². The van der Waals surface area contributed by atoms with Crippen LogP contribution >= 0.6 is 12.2 Å². The van der Waals surface area contributed by atoms with Crippen LogP contribution < -0.4 is 10.3 Å². The lowest BCUT2D eigenvalue weighted by Gasteiger charge is -2.33. The third-order valence-electron chi connectivity index (χ3n) is 3.47. The van der Waals surface area contributed by atoms with Gasteiger partial charge >= 0.3 is 0 Å². The summed E-state index contributed by atoms with van der Waals surface area (Å²) in [6.07, 6.45) is 1.90. The Morgan fingerprint density at radius 1 is 1.18 bits per heavy atom. The van der Waals surface area contributed by atoms with E-state index in [0.717, 1.165) is 5.69 Å². The molecule has 2 rings (SSSR count). The van der Waals surface area contributed by atoms with E-state index in [-0.39, 0.29) is 17.9 Å². The first kappa shape index (κ1) is 16.4. The number of rotatable bonds is 4. The molecular weight excluding hydrogens is 297 g/mol. The van der Waals surface area contributed by atoms with Crippen LogP contribution in [0.3, 0.4) is 0 Å². The minimum absolute atomic E-state index is 0.0785. The van der Waals surface area contributed by atoms with Crippen molar-refractivity contribution in [1.82, 2.24) is 4.90 Å². The average molecular weight is 318 g/mol. The maximum Gasteiger partial charge on any atom is 0.202 e. The van der Waals surface area contributed by atoms with Crippen molar-refractivity contribution in [2.45, 2.75) is 32.9 Å². The molecule has 2 N–H and O–H groups in total. The van der Waals surface area contributed by atoms with Gasteiger partial charge in [-0.05, 0) is 51.2 Å². The van der Waals surface area contributed by atoms with E-state index in [1.54, 1.807) is 12.1 Å². The van der Waals surface area contributed by atoms with Crippen LogP contribution in [0.15, 0.2) is 48.7 Å². The normalized spacial score (nSPS) is 12.0. The number of aromatic amines is 1. The average Bonchev–Trinajstić information content (AvgIpc) is 2.47.